The lowest BCUT2D eigenvalue weighted by atomic mass is 10.2. The molecule has 13 heavy (non-hydrogen) atoms. The van der Waals surface area contributed by atoms with Crippen LogP contribution >= 0.6 is 0 Å². The fraction of sp³-hybridized carbons (Fsp3) is 0.889. The summed E-state index contributed by atoms with van der Waals surface area (Å²) in [5.74, 6) is 0.0162. The van der Waals surface area contributed by atoms with Crippen LogP contribution in [0.1, 0.15) is 12.8 Å². The molecule has 1 atom stereocenters. The fourth-order valence-corrected chi connectivity index (χ4v) is 5.63. The van der Waals surface area contributed by atoms with Gasteiger partial charge in [0.15, 0.2) is 0 Å². The molecule has 0 aliphatic carbocycles. The molecule has 2 fully saturated rings. The normalized spacial score (nSPS) is 33.7. The first-order chi connectivity index (χ1) is 6.11. The van der Waals surface area contributed by atoms with Crippen LogP contribution in [0.5, 0.6) is 0 Å². The van der Waals surface area contributed by atoms with Crippen LogP contribution in [-0.2, 0) is 9.53 Å². The maximum absolute atomic E-state index is 11.4. The largest absolute Gasteiger partial charge is 0.464 e. The van der Waals surface area contributed by atoms with Gasteiger partial charge in [-0.1, -0.05) is 13.1 Å². The molecule has 3 nitrogen and oxygen atoms in total. The molecule has 2 rings (SSSR count). The minimum atomic E-state index is -1.24. The smallest absolute Gasteiger partial charge is 0.322 e. The maximum Gasteiger partial charge on any atom is 0.322 e. The topological polar surface area (TPSA) is 29.5 Å². The van der Waals surface area contributed by atoms with Crippen LogP contribution < -0.4 is 0 Å². The van der Waals surface area contributed by atoms with Gasteiger partial charge in [-0.2, -0.15) is 0 Å². The average molecular weight is 199 g/mol. The minimum absolute atomic E-state index is 0.0162. The van der Waals surface area contributed by atoms with Crippen LogP contribution in [0.25, 0.3) is 0 Å². The predicted octanol–water partition coefficient (Wildman–Crippen LogP) is 1.21. The van der Waals surface area contributed by atoms with Crippen LogP contribution in [0.2, 0.25) is 19.1 Å². The zero-order valence-corrected chi connectivity index (χ0v) is 9.38. The summed E-state index contributed by atoms with van der Waals surface area (Å²) in [5, 5.41) is 0. The van der Waals surface area contributed by atoms with Gasteiger partial charge < -0.3 is 9.30 Å². The van der Waals surface area contributed by atoms with Crippen LogP contribution in [0.4, 0.5) is 0 Å². The van der Waals surface area contributed by atoms with Crippen molar-refractivity contribution in [2.75, 3.05) is 13.2 Å². The van der Waals surface area contributed by atoms with Gasteiger partial charge in [0.1, 0.15) is 14.3 Å². The minimum Gasteiger partial charge on any atom is -0.464 e. The Hall–Kier alpha value is -0.353. The van der Waals surface area contributed by atoms with Crippen molar-refractivity contribution < 1.29 is 9.53 Å². The Morgan fingerprint density at radius 1 is 1.54 bits per heavy atom. The molecular formula is C9H17NO2Si. The van der Waals surface area contributed by atoms with E-state index in [1.54, 1.807) is 0 Å². The molecule has 0 aromatic rings. The van der Waals surface area contributed by atoms with Crippen molar-refractivity contribution in [1.82, 2.24) is 4.57 Å². The highest BCUT2D eigenvalue weighted by atomic mass is 28.3. The second-order valence-corrected chi connectivity index (χ2v) is 9.28. The third kappa shape index (κ3) is 1.53. The Morgan fingerprint density at radius 2 is 2.31 bits per heavy atom. The zero-order valence-electron chi connectivity index (χ0n) is 8.38. The first-order valence-electron chi connectivity index (χ1n) is 5.05. The van der Waals surface area contributed by atoms with E-state index in [-0.39, 0.29) is 12.0 Å². The molecule has 0 spiro atoms. The Bertz CT molecular complexity index is 230. The number of cyclic esters (lactones) is 1. The van der Waals surface area contributed by atoms with Crippen LogP contribution in [0.15, 0.2) is 0 Å². The van der Waals surface area contributed by atoms with Gasteiger partial charge in [0.25, 0.3) is 0 Å². The van der Waals surface area contributed by atoms with Crippen molar-refractivity contribution >= 4 is 14.2 Å². The number of ether oxygens (including phenoxy) is 1. The number of carbonyl (C=O) groups is 1. The van der Waals surface area contributed by atoms with E-state index < -0.39 is 8.24 Å². The third-order valence-corrected chi connectivity index (χ3v) is 6.92. The van der Waals surface area contributed by atoms with Gasteiger partial charge in [-0.3, -0.25) is 4.79 Å². The highest BCUT2D eigenvalue weighted by Crippen LogP contribution is 2.30. The summed E-state index contributed by atoms with van der Waals surface area (Å²) in [7, 11) is -1.24. The summed E-state index contributed by atoms with van der Waals surface area (Å²) in [4.78, 5) is 11.4. The van der Waals surface area contributed by atoms with Gasteiger partial charge in [0.2, 0.25) is 0 Å². The van der Waals surface area contributed by atoms with Crippen LogP contribution in [0, 0.1) is 0 Å². The van der Waals surface area contributed by atoms with Crippen molar-refractivity contribution in [3.63, 3.8) is 0 Å². The van der Waals surface area contributed by atoms with E-state index in [9.17, 15) is 4.79 Å². The monoisotopic (exact) mass is 199 g/mol. The molecule has 0 saturated carbocycles. The number of hydrogen-bond acceptors (Lipinski definition) is 3. The fourth-order valence-electron chi connectivity index (χ4n) is 2.47. The average Bonchev–Trinajstić information content (AvgIpc) is 2.56. The van der Waals surface area contributed by atoms with Crippen molar-refractivity contribution in [3.8, 4) is 0 Å². The van der Waals surface area contributed by atoms with E-state index in [0.717, 1.165) is 13.0 Å². The van der Waals surface area contributed by atoms with Crippen molar-refractivity contribution in [1.29, 1.82) is 0 Å². The lowest BCUT2D eigenvalue weighted by Gasteiger charge is -2.32. The van der Waals surface area contributed by atoms with E-state index in [2.05, 4.69) is 17.7 Å². The summed E-state index contributed by atoms with van der Waals surface area (Å²) in [6.45, 7) is 6.45. The number of nitrogens with zero attached hydrogens (tertiary/aromatic N) is 1. The molecule has 0 aromatic heterocycles. The molecule has 0 radical (unpaired) electrons. The van der Waals surface area contributed by atoms with Crippen molar-refractivity contribution in [2.45, 2.75) is 38.0 Å². The molecule has 74 valence electrons. The Morgan fingerprint density at radius 3 is 2.77 bits per heavy atom. The summed E-state index contributed by atoms with van der Waals surface area (Å²) in [6.07, 6.45) is 2.18. The first kappa shape index (κ1) is 9.21. The molecule has 2 heterocycles. The van der Waals surface area contributed by atoms with E-state index in [1.807, 2.05) is 0 Å². The highest BCUT2D eigenvalue weighted by Gasteiger charge is 2.43. The molecule has 0 N–H and O–H groups in total. The molecule has 0 aromatic carbocycles. The second-order valence-electron chi connectivity index (χ2n) is 4.58. The highest BCUT2D eigenvalue weighted by molar-refractivity contribution is 6.75. The van der Waals surface area contributed by atoms with E-state index in [4.69, 9.17) is 4.74 Å². The summed E-state index contributed by atoms with van der Waals surface area (Å²) >= 11 is 0. The molecule has 4 heteroatoms. The van der Waals surface area contributed by atoms with E-state index >= 15 is 0 Å². The van der Waals surface area contributed by atoms with Crippen LogP contribution in [0.3, 0.4) is 0 Å². The SMILES string of the molecule is C[Si]1(C)CCCN1C1CCOC1=O. The summed E-state index contributed by atoms with van der Waals surface area (Å²) in [5.41, 5.74) is 0. The summed E-state index contributed by atoms with van der Waals surface area (Å²) in [6, 6.07) is 1.43. The van der Waals surface area contributed by atoms with Gasteiger partial charge in [-0.25, -0.2) is 0 Å². The molecule has 2 saturated heterocycles. The lowest BCUT2D eigenvalue weighted by Crippen LogP contribution is -2.51. The predicted molar refractivity (Wildman–Crippen MR) is 53.0 cm³/mol. The van der Waals surface area contributed by atoms with E-state index in [0.29, 0.717) is 6.61 Å². The second kappa shape index (κ2) is 3.10. The molecular weight excluding hydrogens is 182 g/mol. The number of hydrogen-bond donors (Lipinski definition) is 0. The molecule has 2 aliphatic heterocycles. The zero-order chi connectivity index (χ0) is 9.47. The van der Waals surface area contributed by atoms with Gasteiger partial charge >= 0.3 is 5.97 Å². The maximum atomic E-state index is 11.4. The summed E-state index contributed by atoms with van der Waals surface area (Å²) < 4.78 is 7.46. The number of carbonyl (C=O) groups excluding carboxylic acids is 1. The van der Waals surface area contributed by atoms with E-state index in [1.165, 1.54) is 12.5 Å². The Balaban J connectivity index is 2.11. The molecule has 2 aliphatic rings. The molecule has 0 bridgehead atoms. The lowest BCUT2D eigenvalue weighted by molar-refractivity contribution is -0.141. The first-order valence-corrected chi connectivity index (χ1v) is 8.20. The Kier molecular flexibility index (Phi) is 2.19. The number of rotatable bonds is 1. The van der Waals surface area contributed by atoms with Gasteiger partial charge in [-0.15, -0.1) is 0 Å². The van der Waals surface area contributed by atoms with Gasteiger partial charge in [0, 0.05) is 6.42 Å². The quantitative estimate of drug-likeness (QED) is 0.469. The van der Waals surface area contributed by atoms with Crippen molar-refractivity contribution in [2.24, 2.45) is 0 Å². The molecule has 1 unspecified atom stereocenters. The standard InChI is InChI=1S/C9H17NO2Si/c1-13(2)7-3-5-10(13)8-4-6-12-9(8)11/h8H,3-7H2,1-2H3. The Labute approximate surface area is 80.1 Å². The van der Waals surface area contributed by atoms with Crippen molar-refractivity contribution in [3.05, 3.63) is 0 Å². The number of esters is 1. The van der Waals surface area contributed by atoms with Gasteiger partial charge in [0.05, 0.1) is 6.61 Å². The van der Waals surface area contributed by atoms with Gasteiger partial charge in [-0.05, 0) is 19.0 Å². The third-order valence-electron chi connectivity index (χ3n) is 3.25. The van der Waals surface area contributed by atoms with Crippen LogP contribution in [-0.4, -0.2) is 38.0 Å². The molecule has 0 amide bonds.